The van der Waals surface area contributed by atoms with E-state index in [1.807, 2.05) is 4.90 Å². The number of nitrogens with zero attached hydrogens (tertiary/aromatic N) is 3. The zero-order valence-corrected chi connectivity index (χ0v) is 13.5. The molecule has 1 aromatic heterocycles. The van der Waals surface area contributed by atoms with E-state index in [-0.39, 0.29) is 16.9 Å². The summed E-state index contributed by atoms with van der Waals surface area (Å²) in [6.45, 7) is 1.72. The Hall–Kier alpha value is -1.35. The molecule has 1 unspecified atom stereocenters. The number of aromatic nitrogens is 2. The van der Waals surface area contributed by atoms with Crippen LogP contribution >= 0.6 is 0 Å². The van der Waals surface area contributed by atoms with Crippen molar-refractivity contribution in [2.45, 2.75) is 37.4 Å². The molecule has 0 amide bonds. The summed E-state index contributed by atoms with van der Waals surface area (Å²) in [7, 11) is -3.18. The van der Waals surface area contributed by atoms with Crippen LogP contribution in [0.5, 0.6) is 0 Å². The van der Waals surface area contributed by atoms with Crippen molar-refractivity contribution in [3.8, 4) is 0 Å². The highest BCUT2D eigenvalue weighted by Gasteiger charge is 2.36. The maximum atomic E-state index is 12.7. The molecule has 9 heteroatoms. The van der Waals surface area contributed by atoms with E-state index < -0.39 is 16.4 Å². The number of hydrogen-bond acceptors (Lipinski definition) is 5. The molecule has 2 fully saturated rings. The maximum absolute atomic E-state index is 12.7. The Labute approximate surface area is 134 Å². The third-order valence-electron chi connectivity index (χ3n) is 4.28. The highest BCUT2D eigenvalue weighted by atomic mass is 32.2. The summed E-state index contributed by atoms with van der Waals surface area (Å²) >= 11 is 0. The summed E-state index contributed by atoms with van der Waals surface area (Å²) in [5.41, 5.74) is -0.286. The molecule has 0 radical (unpaired) electrons. The number of alkyl halides is 2. The van der Waals surface area contributed by atoms with Crippen molar-refractivity contribution in [3.05, 3.63) is 18.1 Å². The first kappa shape index (κ1) is 16.5. The van der Waals surface area contributed by atoms with Gasteiger partial charge in [0.15, 0.2) is 0 Å². The number of anilines is 1. The van der Waals surface area contributed by atoms with Crippen LogP contribution in [0.4, 0.5) is 14.6 Å². The van der Waals surface area contributed by atoms with Gasteiger partial charge in [0.25, 0.3) is 6.43 Å². The monoisotopic (exact) mass is 346 g/mol. The molecule has 128 valence electrons. The van der Waals surface area contributed by atoms with Crippen LogP contribution in [0.2, 0.25) is 0 Å². The van der Waals surface area contributed by atoms with Gasteiger partial charge in [-0.25, -0.2) is 31.9 Å². The van der Waals surface area contributed by atoms with Crippen LogP contribution in [0, 0.1) is 5.92 Å². The third kappa shape index (κ3) is 4.14. The van der Waals surface area contributed by atoms with Gasteiger partial charge < -0.3 is 4.90 Å². The van der Waals surface area contributed by atoms with Gasteiger partial charge in [-0.15, -0.1) is 0 Å². The second-order valence-electron chi connectivity index (χ2n) is 6.15. The lowest BCUT2D eigenvalue weighted by Gasteiger charge is -2.33. The number of rotatable bonds is 6. The minimum absolute atomic E-state index is 0.155. The lowest BCUT2D eigenvalue weighted by molar-refractivity contribution is 0.146. The van der Waals surface area contributed by atoms with E-state index in [4.69, 9.17) is 0 Å². The topological polar surface area (TPSA) is 75.2 Å². The fourth-order valence-corrected chi connectivity index (χ4v) is 4.28. The van der Waals surface area contributed by atoms with Gasteiger partial charge >= 0.3 is 0 Å². The molecule has 1 saturated carbocycles. The Bertz CT molecular complexity index is 652. The van der Waals surface area contributed by atoms with E-state index in [1.54, 1.807) is 0 Å². The van der Waals surface area contributed by atoms with E-state index in [1.165, 1.54) is 6.07 Å². The third-order valence-corrected chi connectivity index (χ3v) is 6.19. The first-order valence-corrected chi connectivity index (χ1v) is 9.34. The predicted octanol–water partition coefficient (Wildman–Crippen LogP) is 1.71. The normalized spacial score (nSPS) is 22.6. The van der Waals surface area contributed by atoms with Crippen LogP contribution in [0.3, 0.4) is 0 Å². The van der Waals surface area contributed by atoms with Gasteiger partial charge in [-0.05, 0) is 31.6 Å². The van der Waals surface area contributed by atoms with Gasteiger partial charge in [-0.3, -0.25) is 0 Å². The molecular weight excluding hydrogens is 326 g/mol. The number of sulfonamides is 1. The second-order valence-corrected chi connectivity index (χ2v) is 8.19. The zero-order valence-electron chi connectivity index (χ0n) is 12.7. The lowest BCUT2D eigenvalue weighted by atomic mass is 9.98. The van der Waals surface area contributed by atoms with Crippen molar-refractivity contribution in [1.82, 2.24) is 14.7 Å². The minimum Gasteiger partial charge on any atom is -0.356 e. The Morgan fingerprint density at radius 1 is 1.30 bits per heavy atom. The average Bonchev–Trinajstić information content (AvgIpc) is 3.39. The summed E-state index contributed by atoms with van der Waals surface area (Å²) in [6.07, 6.45) is 1.80. The quantitative estimate of drug-likeness (QED) is 0.849. The van der Waals surface area contributed by atoms with Crippen molar-refractivity contribution in [2.24, 2.45) is 5.92 Å². The van der Waals surface area contributed by atoms with Crippen molar-refractivity contribution in [3.63, 3.8) is 0 Å². The summed E-state index contributed by atoms with van der Waals surface area (Å²) < 4.78 is 51.9. The van der Waals surface area contributed by atoms with Gasteiger partial charge in [-0.1, -0.05) is 0 Å². The molecule has 3 rings (SSSR count). The number of hydrogen-bond donors (Lipinski definition) is 1. The summed E-state index contributed by atoms with van der Waals surface area (Å²) in [5.74, 6) is 0.632. The number of piperidine rings is 1. The molecule has 2 heterocycles. The SMILES string of the molecule is O=S(=O)(NCC1CCCN(c2cc(C(F)F)ncn2)C1)C1CC1. The van der Waals surface area contributed by atoms with Gasteiger partial charge in [0, 0.05) is 25.7 Å². The molecule has 2 aliphatic rings. The van der Waals surface area contributed by atoms with Crippen LogP contribution in [-0.4, -0.2) is 43.3 Å². The zero-order chi connectivity index (χ0) is 16.4. The van der Waals surface area contributed by atoms with Crippen molar-refractivity contribution in [1.29, 1.82) is 0 Å². The van der Waals surface area contributed by atoms with Crippen molar-refractivity contribution < 1.29 is 17.2 Å². The molecule has 23 heavy (non-hydrogen) atoms. The first-order chi connectivity index (χ1) is 11.0. The molecule has 0 spiro atoms. The maximum Gasteiger partial charge on any atom is 0.280 e. The Morgan fingerprint density at radius 2 is 2.09 bits per heavy atom. The van der Waals surface area contributed by atoms with Crippen LogP contribution in [0.25, 0.3) is 0 Å². The molecule has 1 N–H and O–H groups in total. The van der Waals surface area contributed by atoms with Crippen LogP contribution in [-0.2, 0) is 10.0 Å². The van der Waals surface area contributed by atoms with Crippen molar-refractivity contribution >= 4 is 15.8 Å². The standard InChI is InChI=1S/C14H20F2N4O2S/c15-14(16)12-6-13(18-9-17-12)20-5-1-2-10(8-20)7-19-23(21,22)11-3-4-11/h6,9-11,14,19H,1-5,7-8H2. The van der Waals surface area contributed by atoms with Crippen LogP contribution in [0.15, 0.2) is 12.4 Å². The smallest absolute Gasteiger partial charge is 0.280 e. The van der Waals surface area contributed by atoms with Crippen LogP contribution in [0.1, 0.15) is 37.8 Å². The molecule has 1 aromatic rings. The van der Waals surface area contributed by atoms with E-state index in [0.717, 1.165) is 38.6 Å². The summed E-state index contributed by atoms with van der Waals surface area (Å²) in [5, 5.41) is -0.224. The molecule has 0 aromatic carbocycles. The molecule has 1 aliphatic heterocycles. The fraction of sp³-hybridized carbons (Fsp3) is 0.714. The lowest BCUT2D eigenvalue weighted by Crippen LogP contribution is -2.42. The van der Waals surface area contributed by atoms with Crippen molar-refractivity contribution in [2.75, 3.05) is 24.5 Å². The highest BCUT2D eigenvalue weighted by Crippen LogP contribution is 2.28. The Kier molecular flexibility index (Phi) is 4.77. The molecule has 1 saturated heterocycles. The first-order valence-electron chi connectivity index (χ1n) is 7.79. The van der Waals surface area contributed by atoms with E-state index in [0.29, 0.717) is 18.9 Å². The van der Waals surface area contributed by atoms with Gasteiger partial charge in [0.05, 0.1) is 5.25 Å². The van der Waals surface area contributed by atoms with Crippen LogP contribution < -0.4 is 9.62 Å². The summed E-state index contributed by atoms with van der Waals surface area (Å²) in [6, 6.07) is 1.31. The van der Waals surface area contributed by atoms with Gasteiger partial charge in [-0.2, -0.15) is 0 Å². The van der Waals surface area contributed by atoms with E-state index in [9.17, 15) is 17.2 Å². The largest absolute Gasteiger partial charge is 0.356 e. The predicted molar refractivity (Wildman–Crippen MR) is 81.9 cm³/mol. The molecule has 1 aliphatic carbocycles. The molecule has 6 nitrogen and oxygen atoms in total. The number of nitrogens with one attached hydrogen (secondary N) is 1. The summed E-state index contributed by atoms with van der Waals surface area (Å²) in [4.78, 5) is 9.56. The number of halogens is 2. The highest BCUT2D eigenvalue weighted by molar-refractivity contribution is 7.90. The van der Waals surface area contributed by atoms with E-state index in [2.05, 4.69) is 14.7 Å². The fourth-order valence-electron chi connectivity index (χ4n) is 2.82. The second kappa shape index (κ2) is 6.64. The van der Waals surface area contributed by atoms with E-state index >= 15 is 0 Å². The minimum atomic E-state index is -3.18. The van der Waals surface area contributed by atoms with Gasteiger partial charge in [0.2, 0.25) is 10.0 Å². The average molecular weight is 346 g/mol. The van der Waals surface area contributed by atoms with Gasteiger partial charge in [0.1, 0.15) is 17.8 Å². The molecule has 1 atom stereocenters. The molecular formula is C14H20F2N4O2S. The molecule has 0 bridgehead atoms. The Balaban J connectivity index is 1.60. The Morgan fingerprint density at radius 3 is 2.78 bits per heavy atom.